The van der Waals surface area contributed by atoms with Crippen LogP contribution in [0, 0.1) is 11.3 Å². The van der Waals surface area contributed by atoms with Crippen molar-refractivity contribution < 1.29 is 17.9 Å². The lowest BCUT2D eigenvalue weighted by atomic mass is 10.0. The smallest absolute Gasteiger partial charge is 0.238 e. The van der Waals surface area contributed by atoms with E-state index in [0.717, 1.165) is 30.0 Å². The van der Waals surface area contributed by atoms with Crippen LogP contribution < -0.4 is 15.4 Å². The van der Waals surface area contributed by atoms with Gasteiger partial charge in [-0.1, -0.05) is 32.0 Å². The summed E-state index contributed by atoms with van der Waals surface area (Å²) in [7, 11) is -3.73. The van der Waals surface area contributed by atoms with Gasteiger partial charge in [-0.2, -0.15) is 0 Å². The number of hydrogen-bond acceptors (Lipinski definition) is 5. The highest BCUT2D eigenvalue weighted by Gasteiger charge is 2.62. The van der Waals surface area contributed by atoms with E-state index in [1.807, 2.05) is 24.3 Å². The summed E-state index contributed by atoms with van der Waals surface area (Å²) in [6.07, 6.45) is 0. The first-order chi connectivity index (χ1) is 14.2. The third-order valence-electron chi connectivity index (χ3n) is 6.17. The molecule has 160 valence electrons. The fourth-order valence-electron chi connectivity index (χ4n) is 4.44. The minimum Gasteiger partial charge on any atom is -0.378 e. The second kappa shape index (κ2) is 7.68. The maximum atomic E-state index is 13.0. The number of hydrogen-bond donors (Lipinski definition) is 2. The molecule has 1 aliphatic carbocycles. The van der Waals surface area contributed by atoms with E-state index in [-0.39, 0.29) is 28.1 Å². The van der Waals surface area contributed by atoms with E-state index in [2.05, 4.69) is 24.1 Å². The molecule has 2 aromatic carbocycles. The maximum Gasteiger partial charge on any atom is 0.238 e. The van der Waals surface area contributed by atoms with Crippen LogP contribution in [0.3, 0.4) is 0 Å². The van der Waals surface area contributed by atoms with Gasteiger partial charge in [0.05, 0.1) is 24.0 Å². The zero-order chi connectivity index (χ0) is 21.5. The molecule has 30 heavy (non-hydrogen) atoms. The number of rotatable bonds is 5. The number of nitrogens with one attached hydrogen (secondary N) is 1. The van der Waals surface area contributed by atoms with Crippen LogP contribution in [0.25, 0.3) is 0 Å². The van der Waals surface area contributed by atoms with Crippen molar-refractivity contribution in [3.05, 3.63) is 54.1 Å². The number of nitrogens with two attached hydrogens (primary N) is 1. The molecule has 3 N–H and O–H groups in total. The van der Waals surface area contributed by atoms with Gasteiger partial charge in [-0.05, 0) is 41.3 Å². The Morgan fingerprint density at radius 2 is 1.80 bits per heavy atom. The van der Waals surface area contributed by atoms with Gasteiger partial charge in [-0.25, -0.2) is 13.6 Å². The SMILES string of the molecule is CC1(C)[C@@H](C(=O)Nc2cccc(N3CCOCC3)c2)[C@@H]1c1ccc(S(N)(=O)=O)cc1. The van der Waals surface area contributed by atoms with Crippen molar-refractivity contribution in [3.63, 3.8) is 0 Å². The molecule has 2 aromatic rings. The van der Waals surface area contributed by atoms with Crippen LogP contribution in [0.15, 0.2) is 53.4 Å². The number of benzene rings is 2. The Hall–Kier alpha value is -2.42. The number of anilines is 2. The van der Waals surface area contributed by atoms with Crippen molar-refractivity contribution >= 4 is 27.3 Å². The van der Waals surface area contributed by atoms with Crippen LogP contribution in [0.1, 0.15) is 25.3 Å². The summed E-state index contributed by atoms with van der Waals surface area (Å²) >= 11 is 0. The number of carbonyl (C=O) groups is 1. The Bertz CT molecular complexity index is 1040. The van der Waals surface area contributed by atoms with Crippen LogP contribution in [0.5, 0.6) is 0 Å². The molecule has 1 aliphatic heterocycles. The third-order valence-corrected chi connectivity index (χ3v) is 7.10. The number of primary sulfonamides is 1. The zero-order valence-electron chi connectivity index (χ0n) is 17.2. The molecule has 2 aliphatic rings. The summed E-state index contributed by atoms with van der Waals surface area (Å²) < 4.78 is 28.4. The molecule has 1 heterocycles. The number of sulfonamides is 1. The van der Waals surface area contributed by atoms with Crippen molar-refractivity contribution in [3.8, 4) is 0 Å². The molecule has 0 radical (unpaired) electrons. The molecular weight excluding hydrogens is 402 g/mol. The fraction of sp³-hybridized carbons (Fsp3) is 0.409. The first-order valence-corrected chi connectivity index (χ1v) is 11.6. The van der Waals surface area contributed by atoms with E-state index < -0.39 is 10.0 Å². The van der Waals surface area contributed by atoms with E-state index in [1.54, 1.807) is 12.1 Å². The van der Waals surface area contributed by atoms with Crippen molar-refractivity contribution in [1.29, 1.82) is 0 Å². The molecule has 4 rings (SSSR count). The van der Waals surface area contributed by atoms with E-state index in [0.29, 0.717) is 13.2 Å². The summed E-state index contributed by atoms with van der Waals surface area (Å²) in [5.74, 6) is -0.195. The molecule has 8 heteroatoms. The Balaban J connectivity index is 1.47. The second-order valence-corrected chi connectivity index (χ2v) is 10.1. The van der Waals surface area contributed by atoms with Crippen molar-refractivity contribution in [2.75, 3.05) is 36.5 Å². The van der Waals surface area contributed by atoms with Gasteiger partial charge in [0, 0.05) is 30.4 Å². The number of ether oxygens (including phenoxy) is 1. The highest BCUT2D eigenvalue weighted by molar-refractivity contribution is 7.89. The van der Waals surface area contributed by atoms with Gasteiger partial charge in [0.1, 0.15) is 0 Å². The Morgan fingerprint density at radius 3 is 2.43 bits per heavy atom. The lowest BCUT2D eigenvalue weighted by Crippen LogP contribution is -2.36. The highest BCUT2D eigenvalue weighted by Crippen LogP contribution is 2.64. The largest absolute Gasteiger partial charge is 0.378 e. The summed E-state index contributed by atoms with van der Waals surface area (Å²) in [5, 5.41) is 8.24. The van der Waals surface area contributed by atoms with Crippen LogP contribution >= 0.6 is 0 Å². The van der Waals surface area contributed by atoms with E-state index in [9.17, 15) is 13.2 Å². The summed E-state index contributed by atoms with van der Waals surface area (Å²) in [6, 6.07) is 14.4. The molecule has 0 spiro atoms. The Kier molecular flexibility index (Phi) is 5.34. The molecule has 1 saturated heterocycles. The Morgan fingerprint density at radius 1 is 1.13 bits per heavy atom. The average molecular weight is 430 g/mol. The quantitative estimate of drug-likeness (QED) is 0.761. The maximum absolute atomic E-state index is 13.0. The molecule has 2 atom stereocenters. The van der Waals surface area contributed by atoms with Gasteiger partial charge in [0.15, 0.2) is 0 Å². The van der Waals surface area contributed by atoms with Crippen LogP contribution in [-0.2, 0) is 19.6 Å². The lowest BCUT2D eigenvalue weighted by Gasteiger charge is -2.29. The fourth-order valence-corrected chi connectivity index (χ4v) is 4.95. The van der Waals surface area contributed by atoms with Gasteiger partial charge in [-0.3, -0.25) is 4.79 Å². The predicted octanol–water partition coefficient (Wildman–Crippen LogP) is 2.55. The third kappa shape index (κ3) is 4.08. The van der Waals surface area contributed by atoms with Crippen molar-refractivity contribution in [2.45, 2.75) is 24.7 Å². The number of amides is 1. The molecular formula is C22H27N3O4S. The van der Waals surface area contributed by atoms with E-state index in [4.69, 9.17) is 9.88 Å². The minimum absolute atomic E-state index is 0.0226. The van der Waals surface area contributed by atoms with Gasteiger partial charge in [0.25, 0.3) is 0 Å². The zero-order valence-corrected chi connectivity index (χ0v) is 18.0. The van der Waals surface area contributed by atoms with Crippen molar-refractivity contribution in [1.82, 2.24) is 0 Å². The average Bonchev–Trinajstić information content (AvgIpc) is 3.30. The number of carbonyl (C=O) groups excluding carboxylic acids is 1. The van der Waals surface area contributed by atoms with E-state index >= 15 is 0 Å². The predicted molar refractivity (Wildman–Crippen MR) is 116 cm³/mol. The lowest BCUT2D eigenvalue weighted by molar-refractivity contribution is -0.118. The topological polar surface area (TPSA) is 102 Å². The Labute approximate surface area is 177 Å². The van der Waals surface area contributed by atoms with Crippen molar-refractivity contribution in [2.24, 2.45) is 16.5 Å². The second-order valence-electron chi connectivity index (χ2n) is 8.53. The van der Waals surface area contributed by atoms with Crippen LogP contribution in [0.2, 0.25) is 0 Å². The highest BCUT2D eigenvalue weighted by atomic mass is 32.2. The first-order valence-electron chi connectivity index (χ1n) is 10.0. The van der Waals surface area contributed by atoms with Gasteiger partial charge >= 0.3 is 0 Å². The number of morpholine rings is 1. The summed E-state index contributed by atoms with van der Waals surface area (Å²) in [5.41, 5.74) is 2.57. The molecule has 0 bridgehead atoms. The van der Waals surface area contributed by atoms with Crippen LogP contribution in [0.4, 0.5) is 11.4 Å². The molecule has 1 amide bonds. The molecule has 0 unspecified atom stereocenters. The van der Waals surface area contributed by atoms with Gasteiger partial charge in [-0.15, -0.1) is 0 Å². The normalized spacial score (nSPS) is 23.1. The minimum atomic E-state index is -3.73. The van der Waals surface area contributed by atoms with E-state index in [1.165, 1.54) is 12.1 Å². The standard InChI is InChI=1S/C22H27N3O4S/c1-22(2)19(15-6-8-18(9-7-15)30(23,27)28)20(22)21(26)24-16-4-3-5-17(14-16)25-10-12-29-13-11-25/h3-9,14,19-20H,10-13H2,1-2H3,(H,24,26)(H2,23,27,28)/t19-,20+/m0/s1. The van der Waals surface area contributed by atoms with Crippen LogP contribution in [-0.4, -0.2) is 40.6 Å². The van der Waals surface area contributed by atoms with Gasteiger partial charge in [0.2, 0.25) is 15.9 Å². The summed E-state index contributed by atoms with van der Waals surface area (Å²) in [6.45, 7) is 7.20. The monoisotopic (exact) mass is 429 g/mol. The summed E-state index contributed by atoms with van der Waals surface area (Å²) in [4.78, 5) is 15.3. The molecule has 0 aromatic heterocycles. The van der Waals surface area contributed by atoms with Gasteiger partial charge < -0.3 is 15.0 Å². The molecule has 2 fully saturated rings. The molecule has 7 nitrogen and oxygen atoms in total. The molecule has 1 saturated carbocycles. The number of nitrogens with zero attached hydrogens (tertiary/aromatic N) is 1. The first kappa shape index (κ1) is 20.8.